The maximum atomic E-state index is 8.61. The van der Waals surface area contributed by atoms with E-state index in [-0.39, 0.29) is 0 Å². The molecule has 100 valence electrons. The molecule has 1 nitrogen and oxygen atoms in total. The van der Waals surface area contributed by atoms with Crippen LogP contribution in [0.2, 0.25) is 0 Å². The van der Waals surface area contributed by atoms with Crippen molar-refractivity contribution in [2.45, 2.75) is 0 Å². The number of nitriles is 1. The molecule has 0 saturated carbocycles. The van der Waals surface area contributed by atoms with Gasteiger partial charge >= 0.3 is 0 Å². The van der Waals surface area contributed by atoms with Crippen molar-refractivity contribution >= 4 is 6.08 Å². The molecule has 1 aromatic rings. The van der Waals surface area contributed by atoms with E-state index in [4.69, 9.17) is 5.26 Å². The minimum absolute atomic E-state index is 0.853. The predicted octanol–water partition coefficient (Wildman–Crippen LogP) is 5.25. The third-order valence-electron chi connectivity index (χ3n) is 2.09. The first kappa shape index (κ1) is 17.2. The molecule has 0 aliphatic carbocycles. The molecule has 0 saturated heterocycles. The summed E-state index contributed by atoms with van der Waals surface area (Å²) < 4.78 is 0. The summed E-state index contributed by atoms with van der Waals surface area (Å²) in [5.41, 5.74) is 1.96. The smallest absolute Gasteiger partial charge is 0.0918 e. The summed E-state index contributed by atoms with van der Waals surface area (Å²) in [6.07, 6.45) is 14.0. The van der Waals surface area contributed by atoms with Crippen LogP contribution in [0.25, 0.3) is 6.08 Å². The van der Waals surface area contributed by atoms with Crippen molar-refractivity contribution in [1.82, 2.24) is 0 Å². The van der Waals surface area contributed by atoms with Crippen molar-refractivity contribution in [3.05, 3.63) is 104 Å². The molecule has 0 bridgehead atoms. The summed E-state index contributed by atoms with van der Waals surface area (Å²) in [6.45, 7) is 10.3. The molecule has 20 heavy (non-hydrogen) atoms. The van der Waals surface area contributed by atoms with Crippen LogP contribution in [0.1, 0.15) is 5.56 Å². The number of benzene rings is 1. The van der Waals surface area contributed by atoms with E-state index in [0.29, 0.717) is 0 Å². The first-order valence-electron chi connectivity index (χ1n) is 6.14. The van der Waals surface area contributed by atoms with Gasteiger partial charge in [-0.25, -0.2) is 0 Å². The highest BCUT2D eigenvalue weighted by molar-refractivity contribution is 5.55. The zero-order valence-corrected chi connectivity index (χ0v) is 11.6. The Labute approximate surface area is 121 Å². The van der Waals surface area contributed by atoms with Crippen LogP contribution in [0.4, 0.5) is 0 Å². The summed E-state index contributed by atoms with van der Waals surface area (Å²) in [7, 11) is 0. The molecule has 0 aliphatic rings. The van der Waals surface area contributed by atoms with Gasteiger partial charge in [-0.2, -0.15) is 5.26 Å². The summed E-state index contributed by atoms with van der Waals surface area (Å²) >= 11 is 0. The monoisotopic (exact) mass is 261 g/mol. The van der Waals surface area contributed by atoms with Gasteiger partial charge in [0.25, 0.3) is 0 Å². The van der Waals surface area contributed by atoms with E-state index in [9.17, 15) is 0 Å². The van der Waals surface area contributed by atoms with Crippen LogP contribution in [-0.2, 0) is 0 Å². The van der Waals surface area contributed by atoms with Gasteiger partial charge in [0.15, 0.2) is 0 Å². The van der Waals surface area contributed by atoms with Crippen molar-refractivity contribution in [1.29, 1.82) is 5.26 Å². The quantitative estimate of drug-likeness (QED) is 0.524. The summed E-state index contributed by atoms with van der Waals surface area (Å²) in [4.78, 5) is 0. The van der Waals surface area contributed by atoms with Crippen molar-refractivity contribution in [2.75, 3.05) is 0 Å². The lowest BCUT2D eigenvalue weighted by Gasteiger charge is -1.92. The second kappa shape index (κ2) is 12.6. The maximum absolute atomic E-state index is 8.61. The van der Waals surface area contributed by atoms with Gasteiger partial charge in [0.05, 0.1) is 6.07 Å². The van der Waals surface area contributed by atoms with Gasteiger partial charge in [-0.3, -0.25) is 0 Å². The SMILES string of the molecule is C=CC=C.C=CC=CC(C=Cc1ccccc1)=CC#N. The Kier molecular flexibility index (Phi) is 10.8. The Morgan fingerprint density at radius 1 is 0.950 bits per heavy atom. The van der Waals surface area contributed by atoms with Crippen LogP contribution >= 0.6 is 0 Å². The second-order valence-electron chi connectivity index (χ2n) is 3.58. The highest BCUT2D eigenvalue weighted by Gasteiger charge is 1.86. The Morgan fingerprint density at radius 3 is 2.10 bits per heavy atom. The maximum Gasteiger partial charge on any atom is 0.0918 e. The molecule has 0 amide bonds. The molecule has 0 aliphatic heterocycles. The summed E-state index contributed by atoms with van der Waals surface area (Å²) in [5, 5.41) is 8.61. The first-order valence-corrected chi connectivity index (χ1v) is 6.14. The number of hydrogen-bond acceptors (Lipinski definition) is 1. The van der Waals surface area contributed by atoms with Gasteiger partial charge in [-0.05, 0) is 11.1 Å². The van der Waals surface area contributed by atoms with E-state index in [1.165, 1.54) is 6.08 Å². The Morgan fingerprint density at radius 2 is 1.60 bits per heavy atom. The van der Waals surface area contributed by atoms with Gasteiger partial charge < -0.3 is 0 Å². The van der Waals surface area contributed by atoms with Crippen molar-refractivity contribution in [2.24, 2.45) is 0 Å². The van der Waals surface area contributed by atoms with E-state index < -0.39 is 0 Å². The van der Waals surface area contributed by atoms with Crippen molar-refractivity contribution < 1.29 is 0 Å². The number of nitrogens with zero attached hydrogens (tertiary/aromatic N) is 1. The highest BCUT2D eigenvalue weighted by atomic mass is 14.2. The molecule has 1 aromatic carbocycles. The summed E-state index contributed by atoms with van der Waals surface area (Å²) in [6, 6.07) is 12.0. The lowest BCUT2D eigenvalue weighted by molar-refractivity contribution is 1.52. The number of rotatable bonds is 5. The Hall–Kier alpha value is -2.85. The fraction of sp³-hybridized carbons (Fsp3) is 0. The zero-order valence-electron chi connectivity index (χ0n) is 11.6. The fourth-order valence-electron chi connectivity index (χ4n) is 1.16. The molecule has 0 unspecified atom stereocenters. The van der Waals surface area contributed by atoms with Gasteiger partial charge in [-0.1, -0.05) is 92.6 Å². The number of hydrogen-bond donors (Lipinski definition) is 0. The standard InChI is InChI=1S/C15H13N.C4H6/c1-2-3-7-15(12-13-16)11-10-14-8-5-4-6-9-14;1-3-4-2/h2-12H,1H2;3-4H,1-2H2. The van der Waals surface area contributed by atoms with E-state index in [0.717, 1.165) is 11.1 Å². The van der Waals surface area contributed by atoms with Crippen LogP contribution < -0.4 is 0 Å². The van der Waals surface area contributed by atoms with E-state index in [1.54, 1.807) is 24.3 Å². The molecule has 0 atom stereocenters. The van der Waals surface area contributed by atoms with Crippen LogP contribution in [0, 0.1) is 11.3 Å². The predicted molar refractivity (Wildman–Crippen MR) is 88.9 cm³/mol. The molecule has 0 spiro atoms. The zero-order chi connectivity index (χ0) is 15.1. The van der Waals surface area contributed by atoms with Crippen LogP contribution in [0.15, 0.2) is 98.2 Å². The Balaban J connectivity index is 0.000000796. The average Bonchev–Trinajstić information content (AvgIpc) is 2.51. The van der Waals surface area contributed by atoms with Gasteiger partial charge in [0, 0.05) is 6.08 Å². The van der Waals surface area contributed by atoms with Gasteiger partial charge in [0.1, 0.15) is 0 Å². The normalized spacial score (nSPS) is 10.4. The molecular weight excluding hydrogens is 242 g/mol. The van der Waals surface area contributed by atoms with E-state index >= 15 is 0 Å². The van der Waals surface area contributed by atoms with E-state index in [1.807, 2.05) is 54.6 Å². The third kappa shape index (κ3) is 9.21. The summed E-state index contributed by atoms with van der Waals surface area (Å²) in [5.74, 6) is 0. The molecule has 0 radical (unpaired) electrons. The molecular formula is C19H19N. The largest absolute Gasteiger partial charge is 0.193 e. The molecule has 0 fully saturated rings. The lowest BCUT2D eigenvalue weighted by Crippen LogP contribution is -1.72. The average molecular weight is 261 g/mol. The number of allylic oxidation sites excluding steroid dienone is 8. The van der Waals surface area contributed by atoms with Crippen LogP contribution in [0.3, 0.4) is 0 Å². The minimum Gasteiger partial charge on any atom is -0.193 e. The van der Waals surface area contributed by atoms with E-state index in [2.05, 4.69) is 19.7 Å². The minimum atomic E-state index is 0.853. The third-order valence-corrected chi connectivity index (χ3v) is 2.09. The van der Waals surface area contributed by atoms with Gasteiger partial charge in [-0.15, -0.1) is 0 Å². The second-order valence-corrected chi connectivity index (χ2v) is 3.58. The molecule has 0 heterocycles. The molecule has 1 heteroatoms. The molecule has 0 aromatic heterocycles. The molecule has 1 rings (SSSR count). The van der Waals surface area contributed by atoms with Crippen molar-refractivity contribution in [3.8, 4) is 6.07 Å². The fourth-order valence-corrected chi connectivity index (χ4v) is 1.16. The molecule has 0 N–H and O–H groups in total. The van der Waals surface area contributed by atoms with Crippen LogP contribution in [0.5, 0.6) is 0 Å². The first-order chi connectivity index (χ1) is 9.78. The Bertz CT molecular complexity index is 531. The topological polar surface area (TPSA) is 23.8 Å². The van der Waals surface area contributed by atoms with Crippen LogP contribution in [-0.4, -0.2) is 0 Å². The van der Waals surface area contributed by atoms with Gasteiger partial charge in [0.2, 0.25) is 0 Å². The highest BCUT2D eigenvalue weighted by Crippen LogP contribution is 2.06. The van der Waals surface area contributed by atoms with Crippen molar-refractivity contribution in [3.63, 3.8) is 0 Å². The lowest BCUT2D eigenvalue weighted by atomic mass is 10.1.